The lowest BCUT2D eigenvalue weighted by molar-refractivity contribution is -0.188. The molecule has 110 valence electrons. The summed E-state index contributed by atoms with van der Waals surface area (Å²) in [5.74, 6) is -0.260. The normalized spacial score (nSPS) is 27.5. The minimum Gasteiger partial charge on any atom is -0.458 e. The van der Waals surface area contributed by atoms with E-state index in [9.17, 15) is 4.79 Å². The van der Waals surface area contributed by atoms with E-state index >= 15 is 0 Å². The first-order chi connectivity index (χ1) is 9.65. The topological polar surface area (TPSA) is 53.4 Å². The maximum atomic E-state index is 12.1. The summed E-state index contributed by atoms with van der Waals surface area (Å²) in [4.78, 5) is 12.1. The van der Waals surface area contributed by atoms with Gasteiger partial charge in [-0.3, -0.25) is 4.68 Å². The Morgan fingerprint density at radius 3 is 2.80 bits per heavy atom. The predicted molar refractivity (Wildman–Crippen MR) is 73.3 cm³/mol. The van der Waals surface area contributed by atoms with Crippen LogP contribution in [0.4, 0.5) is 0 Å². The molecule has 5 nitrogen and oxygen atoms in total. The van der Waals surface area contributed by atoms with E-state index in [-0.39, 0.29) is 23.6 Å². The fourth-order valence-corrected chi connectivity index (χ4v) is 3.71. The summed E-state index contributed by atoms with van der Waals surface area (Å²) in [5, 5.41) is 4.01. The maximum absolute atomic E-state index is 12.1. The first-order valence-electron chi connectivity index (χ1n) is 7.47. The van der Waals surface area contributed by atoms with Crippen LogP contribution in [0.25, 0.3) is 0 Å². The molecule has 0 bridgehead atoms. The summed E-state index contributed by atoms with van der Waals surface area (Å²) in [6.07, 6.45) is 9.01. The first kappa shape index (κ1) is 13.6. The molecule has 0 N–H and O–H groups in total. The summed E-state index contributed by atoms with van der Waals surface area (Å²) in [6.45, 7) is 2.76. The van der Waals surface area contributed by atoms with Crippen molar-refractivity contribution in [2.75, 3.05) is 6.61 Å². The molecule has 2 atom stereocenters. The third-order valence-electron chi connectivity index (χ3n) is 4.80. The Morgan fingerprint density at radius 2 is 2.20 bits per heavy atom. The van der Waals surface area contributed by atoms with Crippen LogP contribution in [0, 0.1) is 5.41 Å². The van der Waals surface area contributed by atoms with Crippen LogP contribution in [0.2, 0.25) is 0 Å². The fraction of sp³-hybridized carbons (Fsp3) is 0.733. The van der Waals surface area contributed by atoms with Crippen LogP contribution < -0.4 is 0 Å². The number of ether oxygens (including phenoxy) is 2. The molecule has 0 amide bonds. The van der Waals surface area contributed by atoms with Crippen LogP contribution in [-0.4, -0.2) is 34.6 Å². The van der Waals surface area contributed by atoms with Gasteiger partial charge in [-0.1, -0.05) is 12.8 Å². The van der Waals surface area contributed by atoms with Crippen LogP contribution in [0.15, 0.2) is 12.4 Å². The molecule has 5 heteroatoms. The number of carbonyl (C=O) groups is 1. The van der Waals surface area contributed by atoms with Crippen LogP contribution in [0.5, 0.6) is 0 Å². The second kappa shape index (κ2) is 5.20. The number of hydrogen-bond acceptors (Lipinski definition) is 4. The largest absolute Gasteiger partial charge is 0.458 e. The lowest BCUT2D eigenvalue weighted by atomic mass is 9.62. The number of hydrogen-bond donors (Lipinski definition) is 0. The van der Waals surface area contributed by atoms with Gasteiger partial charge < -0.3 is 9.47 Å². The molecule has 2 saturated carbocycles. The standard InChI is InChI=1S/C15H22N2O3/c1-3-19-12-8-13(15(12)6-4-5-7-15)20-14(18)11-9-16-17(2)10-11/h9-10,12-13H,3-8H2,1-2H3/t12-,13+/m0/s1. The van der Waals surface area contributed by atoms with E-state index in [2.05, 4.69) is 5.10 Å². The molecule has 0 unspecified atom stereocenters. The molecular weight excluding hydrogens is 256 g/mol. The van der Waals surface area contributed by atoms with E-state index in [1.54, 1.807) is 24.1 Å². The van der Waals surface area contributed by atoms with Crippen LogP contribution >= 0.6 is 0 Å². The third kappa shape index (κ3) is 2.14. The van der Waals surface area contributed by atoms with Gasteiger partial charge in [0.2, 0.25) is 0 Å². The van der Waals surface area contributed by atoms with E-state index in [4.69, 9.17) is 9.47 Å². The summed E-state index contributed by atoms with van der Waals surface area (Å²) in [7, 11) is 1.80. The van der Waals surface area contributed by atoms with Gasteiger partial charge in [-0.25, -0.2) is 4.79 Å². The number of carbonyl (C=O) groups excluding carboxylic acids is 1. The molecule has 1 spiro atoms. The molecule has 1 aromatic rings. The Balaban J connectivity index is 1.67. The lowest BCUT2D eigenvalue weighted by Crippen LogP contribution is -2.58. The maximum Gasteiger partial charge on any atom is 0.341 e. The SMILES string of the molecule is CCO[C@H]1C[C@@H](OC(=O)c2cnn(C)c2)C12CCCC2. The van der Waals surface area contributed by atoms with E-state index < -0.39 is 0 Å². The highest BCUT2D eigenvalue weighted by atomic mass is 16.6. The molecular formula is C15H22N2O3. The number of rotatable bonds is 4. The zero-order valence-corrected chi connectivity index (χ0v) is 12.2. The minimum atomic E-state index is -0.260. The second-order valence-corrected chi connectivity index (χ2v) is 5.92. The van der Waals surface area contributed by atoms with Gasteiger partial charge in [0.25, 0.3) is 0 Å². The molecule has 1 aromatic heterocycles. The van der Waals surface area contributed by atoms with E-state index in [0.717, 1.165) is 25.9 Å². The van der Waals surface area contributed by atoms with Gasteiger partial charge in [0.15, 0.2) is 0 Å². The Morgan fingerprint density at radius 1 is 1.45 bits per heavy atom. The average Bonchev–Trinajstić information content (AvgIpc) is 3.07. The minimum absolute atomic E-state index is 0.00857. The Bertz CT molecular complexity index is 491. The molecule has 20 heavy (non-hydrogen) atoms. The summed E-state index contributed by atoms with van der Waals surface area (Å²) >= 11 is 0. The van der Waals surface area contributed by atoms with Crippen LogP contribution in [-0.2, 0) is 16.5 Å². The number of aryl methyl sites for hydroxylation is 1. The zero-order valence-electron chi connectivity index (χ0n) is 12.2. The van der Waals surface area contributed by atoms with Gasteiger partial charge in [0.1, 0.15) is 6.10 Å². The zero-order chi connectivity index (χ0) is 14.2. The quantitative estimate of drug-likeness (QED) is 0.793. The highest BCUT2D eigenvalue weighted by Gasteiger charge is 2.58. The van der Waals surface area contributed by atoms with Crippen LogP contribution in [0.1, 0.15) is 49.4 Å². The number of nitrogens with zero attached hydrogens (tertiary/aromatic N) is 2. The summed E-state index contributed by atoms with van der Waals surface area (Å²) in [5.41, 5.74) is 0.606. The van der Waals surface area contributed by atoms with Crippen molar-refractivity contribution in [1.29, 1.82) is 0 Å². The van der Waals surface area contributed by atoms with E-state index in [0.29, 0.717) is 5.56 Å². The van der Waals surface area contributed by atoms with Crippen molar-refractivity contribution < 1.29 is 14.3 Å². The molecule has 0 saturated heterocycles. The van der Waals surface area contributed by atoms with Gasteiger partial charge in [-0.2, -0.15) is 5.10 Å². The second-order valence-electron chi connectivity index (χ2n) is 5.92. The third-order valence-corrected chi connectivity index (χ3v) is 4.80. The van der Waals surface area contributed by atoms with Gasteiger partial charge in [0.05, 0.1) is 17.9 Å². The summed E-state index contributed by atoms with van der Waals surface area (Å²) < 4.78 is 13.2. The van der Waals surface area contributed by atoms with Gasteiger partial charge in [-0.15, -0.1) is 0 Å². The molecule has 0 aliphatic heterocycles. The molecule has 2 fully saturated rings. The van der Waals surface area contributed by atoms with Crippen molar-refractivity contribution in [1.82, 2.24) is 9.78 Å². The summed E-state index contributed by atoms with van der Waals surface area (Å²) in [6, 6.07) is 0. The Labute approximate surface area is 119 Å². The molecule has 2 aliphatic rings. The van der Waals surface area contributed by atoms with Crippen LogP contribution in [0.3, 0.4) is 0 Å². The van der Waals surface area contributed by atoms with Crippen molar-refractivity contribution >= 4 is 5.97 Å². The number of aromatic nitrogens is 2. The van der Waals surface area contributed by atoms with Crippen molar-refractivity contribution in [2.24, 2.45) is 12.5 Å². The highest BCUT2D eigenvalue weighted by molar-refractivity contribution is 5.89. The van der Waals surface area contributed by atoms with E-state index in [1.807, 2.05) is 6.92 Å². The van der Waals surface area contributed by atoms with Crippen molar-refractivity contribution in [3.05, 3.63) is 18.0 Å². The monoisotopic (exact) mass is 278 g/mol. The van der Waals surface area contributed by atoms with Gasteiger partial charge in [0, 0.05) is 31.7 Å². The molecule has 2 aliphatic carbocycles. The molecule has 0 radical (unpaired) electrons. The van der Waals surface area contributed by atoms with E-state index in [1.165, 1.54) is 12.8 Å². The van der Waals surface area contributed by atoms with Gasteiger partial charge >= 0.3 is 5.97 Å². The first-order valence-corrected chi connectivity index (χ1v) is 7.47. The van der Waals surface area contributed by atoms with Crippen molar-refractivity contribution in [3.63, 3.8) is 0 Å². The average molecular weight is 278 g/mol. The number of esters is 1. The molecule has 1 heterocycles. The highest BCUT2D eigenvalue weighted by Crippen LogP contribution is 2.56. The smallest absolute Gasteiger partial charge is 0.341 e. The Hall–Kier alpha value is -1.36. The molecule has 0 aromatic carbocycles. The fourth-order valence-electron chi connectivity index (χ4n) is 3.71. The van der Waals surface area contributed by atoms with Crippen molar-refractivity contribution in [3.8, 4) is 0 Å². The molecule has 3 rings (SSSR count). The van der Waals surface area contributed by atoms with Crippen molar-refractivity contribution in [2.45, 2.75) is 51.2 Å². The predicted octanol–water partition coefficient (Wildman–Crippen LogP) is 2.31. The lowest BCUT2D eigenvalue weighted by Gasteiger charge is -2.52. The Kier molecular flexibility index (Phi) is 3.54. The van der Waals surface area contributed by atoms with Gasteiger partial charge in [-0.05, 0) is 19.8 Å².